The van der Waals surface area contributed by atoms with Crippen LogP contribution in [0.2, 0.25) is 0 Å². The third-order valence-corrected chi connectivity index (χ3v) is 5.77. The number of ether oxygens (including phenoxy) is 2. The molecule has 1 amide bonds. The van der Waals surface area contributed by atoms with Crippen molar-refractivity contribution in [3.63, 3.8) is 0 Å². The fourth-order valence-electron chi connectivity index (χ4n) is 4.10. The summed E-state index contributed by atoms with van der Waals surface area (Å²) in [6.07, 6.45) is 1.08. The highest BCUT2D eigenvalue weighted by Crippen LogP contribution is 2.33. The number of carboxylic acid groups (broad SMARTS) is 1. The van der Waals surface area contributed by atoms with Gasteiger partial charge in [0.05, 0.1) is 17.2 Å². The van der Waals surface area contributed by atoms with Gasteiger partial charge in [-0.3, -0.25) is 10.1 Å². The Morgan fingerprint density at radius 3 is 2.44 bits per heavy atom. The van der Waals surface area contributed by atoms with Crippen molar-refractivity contribution in [1.29, 1.82) is 0 Å². The van der Waals surface area contributed by atoms with E-state index in [1.165, 1.54) is 0 Å². The van der Waals surface area contributed by atoms with Gasteiger partial charge in [0.1, 0.15) is 17.9 Å². The zero-order valence-electron chi connectivity index (χ0n) is 18.9. The molecule has 0 bridgehead atoms. The SMILES string of the molecule is CC(NC(=O)C1(NCCOc2ccccc2)CCOC(C)(C)C1)c1ccc(C(=O)O)cc1. The average Bonchev–Trinajstić information content (AvgIpc) is 2.77. The summed E-state index contributed by atoms with van der Waals surface area (Å²) in [7, 11) is 0. The van der Waals surface area contributed by atoms with Crippen LogP contribution in [0, 0.1) is 0 Å². The van der Waals surface area contributed by atoms with Gasteiger partial charge in [0.25, 0.3) is 0 Å². The summed E-state index contributed by atoms with van der Waals surface area (Å²) in [6.45, 7) is 7.31. The molecule has 32 heavy (non-hydrogen) atoms. The molecule has 0 aromatic heterocycles. The maximum Gasteiger partial charge on any atom is 0.335 e. The predicted molar refractivity (Wildman–Crippen MR) is 122 cm³/mol. The van der Waals surface area contributed by atoms with Crippen molar-refractivity contribution in [2.75, 3.05) is 19.8 Å². The zero-order valence-corrected chi connectivity index (χ0v) is 18.9. The van der Waals surface area contributed by atoms with Crippen molar-refractivity contribution < 1.29 is 24.2 Å². The second-order valence-electron chi connectivity index (χ2n) is 8.83. The highest BCUT2D eigenvalue weighted by Gasteiger charge is 2.46. The summed E-state index contributed by atoms with van der Waals surface area (Å²) >= 11 is 0. The molecule has 2 aromatic carbocycles. The second kappa shape index (κ2) is 10.1. The fraction of sp³-hybridized carbons (Fsp3) is 0.440. The van der Waals surface area contributed by atoms with Gasteiger partial charge in [-0.2, -0.15) is 0 Å². The lowest BCUT2D eigenvalue weighted by molar-refractivity contribution is -0.142. The Balaban J connectivity index is 1.66. The van der Waals surface area contributed by atoms with E-state index < -0.39 is 17.1 Å². The van der Waals surface area contributed by atoms with E-state index >= 15 is 0 Å². The van der Waals surface area contributed by atoms with Crippen LogP contribution in [-0.4, -0.2) is 47.9 Å². The maximum absolute atomic E-state index is 13.5. The Bertz CT molecular complexity index is 914. The molecule has 7 heteroatoms. The summed E-state index contributed by atoms with van der Waals surface area (Å²) in [5.41, 5.74) is -0.154. The van der Waals surface area contributed by atoms with Crippen LogP contribution in [0.25, 0.3) is 0 Å². The number of rotatable bonds is 9. The van der Waals surface area contributed by atoms with E-state index in [1.807, 2.05) is 51.1 Å². The fourth-order valence-corrected chi connectivity index (χ4v) is 4.10. The lowest BCUT2D eigenvalue weighted by atomic mass is 9.80. The van der Waals surface area contributed by atoms with E-state index in [0.29, 0.717) is 32.6 Å². The number of carboxylic acids is 1. The van der Waals surface area contributed by atoms with Crippen LogP contribution in [0.5, 0.6) is 5.75 Å². The monoisotopic (exact) mass is 440 g/mol. The smallest absolute Gasteiger partial charge is 0.335 e. The molecule has 2 atom stereocenters. The van der Waals surface area contributed by atoms with Crippen LogP contribution < -0.4 is 15.4 Å². The van der Waals surface area contributed by atoms with Crippen molar-refractivity contribution in [3.8, 4) is 5.75 Å². The Hall–Kier alpha value is -2.90. The number of nitrogens with one attached hydrogen (secondary N) is 2. The summed E-state index contributed by atoms with van der Waals surface area (Å²) in [6, 6.07) is 15.9. The first kappa shape index (κ1) is 23.8. The van der Waals surface area contributed by atoms with Crippen LogP contribution in [0.15, 0.2) is 54.6 Å². The average molecular weight is 441 g/mol. The maximum atomic E-state index is 13.5. The molecule has 1 aliphatic heterocycles. The molecule has 1 aliphatic rings. The van der Waals surface area contributed by atoms with Crippen molar-refractivity contribution >= 4 is 11.9 Å². The summed E-state index contributed by atoms with van der Waals surface area (Å²) in [5.74, 6) is -0.277. The summed E-state index contributed by atoms with van der Waals surface area (Å²) in [5, 5.41) is 15.6. The normalized spacial score (nSPS) is 20.8. The Morgan fingerprint density at radius 2 is 1.81 bits per heavy atom. The quantitative estimate of drug-likeness (QED) is 0.516. The van der Waals surface area contributed by atoms with Crippen LogP contribution in [0.4, 0.5) is 0 Å². The minimum atomic E-state index is -0.974. The predicted octanol–water partition coefficient (Wildman–Crippen LogP) is 3.56. The number of aromatic carboxylic acids is 1. The van der Waals surface area contributed by atoms with Crippen molar-refractivity contribution in [2.24, 2.45) is 0 Å². The minimum Gasteiger partial charge on any atom is -0.492 e. The number of benzene rings is 2. The molecule has 3 N–H and O–H groups in total. The summed E-state index contributed by atoms with van der Waals surface area (Å²) in [4.78, 5) is 24.6. The van der Waals surface area contributed by atoms with E-state index in [4.69, 9.17) is 14.6 Å². The number of carbonyl (C=O) groups is 2. The molecule has 7 nitrogen and oxygen atoms in total. The van der Waals surface area contributed by atoms with Gasteiger partial charge < -0.3 is 19.9 Å². The van der Waals surface area contributed by atoms with Gasteiger partial charge in [-0.05, 0) is 57.0 Å². The molecule has 2 aromatic rings. The van der Waals surface area contributed by atoms with Gasteiger partial charge in [0.2, 0.25) is 5.91 Å². The van der Waals surface area contributed by atoms with Crippen LogP contribution in [0.3, 0.4) is 0 Å². The van der Waals surface area contributed by atoms with E-state index in [2.05, 4.69) is 10.6 Å². The third-order valence-electron chi connectivity index (χ3n) is 5.77. The number of hydrogen-bond donors (Lipinski definition) is 3. The zero-order chi connectivity index (χ0) is 23.2. The van der Waals surface area contributed by atoms with Crippen molar-refractivity contribution in [3.05, 3.63) is 65.7 Å². The van der Waals surface area contributed by atoms with Gasteiger partial charge in [-0.25, -0.2) is 4.79 Å². The lowest BCUT2D eigenvalue weighted by Gasteiger charge is -2.44. The molecule has 172 valence electrons. The molecule has 0 radical (unpaired) electrons. The van der Waals surface area contributed by atoms with Crippen molar-refractivity contribution in [1.82, 2.24) is 10.6 Å². The Labute approximate surface area is 189 Å². The standard InChI is InChI=1S/C25H32N2O5/c1-18(19-9-11-20(12-10-19)22(28)29)27-23(30)25(13-15-32-24(2,3)17-25)26-14-16-31-21-7-5-4-6-8-21/h4-12,18,26H,13-17H2,1-3H3,(H,27,30)(H,28,29). The molecule has 1 fully saturated rings. The minimum absolute atomic E-state index is 0.0941. The van der Waals surface area contributed by atoms with E-state index in [1.54, 1.807) is 24.3 Å². The number of para-hydroxylation sites is 1. The second-order valence-corrected chi connectivity index (χ2v) is 8.83. The molecule has 0 saturated carbocycles. The van der Waals surface area contributed by atoms with Gasteiger partial charge in [-0.15, -0.1) is 0 Å². The summed E-state index contributed by atoms with van der Waals surface area (Å²) < 4.78 is 11.6. The first-order valence-corrected chi connectivity index (χ1v) is 10.9. The van der Waals surface area contributed by atoms with Gasteiger partial charge in [0, 0.05) is 19.6 Å². The van der Waals surface area contributed by atoms with Gasteiger partial charge in [-0.1, -0.05) is 30.3 Å². The molecular formula is C25H32N2O5. The highest BCUT2D eigenvalue weighted by atomic mass is 16.5. The topological polar surface area (TPSA) is 96.9 Å². The van der Waals surface area contributed by atoms with Crippen LogP contribution >= 0.6 is 0 Å². The first-order valence-electron chi connectivity index (χ1n) is 10.9. The van der Waals surface area contributed by atoms with Gasteiger partial charge in [0.15, 0.2) is 0 Å². The van der Waals surface area contributed by atoms with Gasteiger partial charge >= 0.3 is 5.97 Å². The molecule has 2 unspecified atom stereocenters. The largest absolute Gasteiger partial charge is 0.492 e. The van der Waals surface area contributed by atoms with E-state index in [0.717, 1.165) is 11.3 Å². The first-order chi connectivity index (χ1) is 15.2. The highest BCUT2D eigenvalue weighted by molar-refractivity contribution is 5.88. The van der Waals surface area contributed by atoms with Crippen LogP contribution in [-0.2, 0) is 9.53 Å². The number of amides is 1. The molecule has 0 spiro atoms. The van der Waals surface area contributed by atoms with Crippen molar-refractivity contribution in [2.45, 2.75) is 50.8 Å². The molecule has 1 saturated heterocycles. The van der Waals surface area contributed by atoms with E-state index in [9.17, 15) is 9.59 Å². The van der Waals surface area contributed by atoms with E-state index in [-0.39, 0.29) is 17.5 Å². The Morgan fingerprint density at radius 1 is 1.12 bits per heavy atom. The molecule has 3 rings (SSSR count). The molecule has 0 aliphatic carbocycles. The van der Waals surface area contributed by atoms with Crippen LogP contribution in [0.1, 0.15) is 55.6 Å². The number of hydrogen-bond acceptors (Lipinski definition) is 5. The third kappa shape index (κ3) is 6.08. The Kier molecular flexibility index (Phi) is 7.53. The molecular weight excluding hydrogens is 408 g/mol. The lowest BCUT2D eigenvalue weighted by Crippen LogP contribution is -2.63. The number of carbonyl (C=O) groups excluding carboxylic acids is 1. The molecule has 1 heterocycles.